The third-order valence-electron chi connectivity index (χ3n) is 3.36. The predicted molar refractivity (Wildman–Crippen MR) is 93.5 cm³/mol. The van der Waals surface area contributed by atoms with Crippen molar-refractivity contribution in [2.75, 3.05) is 5.32 Å². The Morgan fingerprint density at radius 1 is 1.46 bits per heavy atom. The average molecular weight is 409 g/mol. The van der Waals surface area contributed by atoms with E-state index in [1.807, 2.05) is 6.92 Å². The fourth-order valence-corrected chi connectivity index (χ4v) is 3.20. The van der Waals surface area contributed by atoms with E-state index in [0.717, 1.165) is 23.9 Å². The summed E-state index contributed by atoms with van der Waals surface area (Å²) in [5.41, 5.74) is -1.43. The van der Waals surface area contributed by atoms with Gasteiger partial charge in [-0.05, 0) is 31.5 Å². The minimum atomic E-state index is -4.62. The molecule has 0 saturated carbocycles. The monoisotopic (exact) mass is 408 g/mol. The van der Waals surface area contributed by atoms with E-state index in [2.05, 4.69) is 15.5 Å². The Hall–Kier alpha value is -1.94. The van der Waals surface area contributed by atoms with Crippen LogP contribution in [0.4, 0.5) is 18.9 Å². The van der Waals surface area contributed by atoms with E-state index in [9.17, 15) is 22.8 Å². The first kappa shape index (κ1) is 20.4. The second-order valence-electron chi connectivity index (χ2n) is 5.40. The van der Waals surface area contributed by atoms with Crippen LogP contribution in [-0.4, -0.2) is 25.9 Å². The van der Waals surface area contributed by atoms with Crippen molar-refractivity contribution in [2.45, 2.75) is 43.4 Å². The van der Waals surface area contributed by atoms with Crippen LogP contribution in [0.3, 0.4) is 0 Å². The largest absolute Gasteiger partial charge is 0.417 e. The highest BCUT2D eigenvalue weighted by molar-refractivity contribution is 8.00. The summed E-state index contributed by atoms with van der Waals surface area (Å²) in [6.07, 6.45) is -3.91. The molecule has 1 amide bonds. The molecule has 0 aliphatic rings. The van der Waals surface area contributed by atoms with Crippen LogP contribution in [0.5, 0.6) is 0 Å². The summed E-state index contributed by atoms with van der Waals surface area (Å²) in [4.78, 5) is 23.9. The molecule has 0 aliphatic carbocycles. The second kappa shape index (κ2) is 8.17. The summed E-state index contributed by atoms with van der Waals surface area (Å²) in [5.74, 6) is -0.524. The number of alkyl halides is 3. The lowest BCUT2D eigenvalue weighted by molar-refractivity contribution is -0.137. The molecule has 26 heavy (non-hydrogen) atoms. The average Bonchev–Trinajstić information content (AvgIpc) is 2.89. The van der Waals surface area contributed by atoms with Gasteiger partial charge in [-0.1, -0.05) is 30.3 Å². The van der Waals surface area contributed by atoms with E-state index in [0.29, 0.717) is 18.1 Å². The maximum Gasteiger partial charge on any atom is 0.417 e. The van der Waals surface area contributed by atoms with Gasteiger partial charge >= 0.3 is 11.9 Å². The summed E-state index contributed by atoms with van der Waals surface area (Å²) in [6.45, 7) is 3.90. The summed E-state index contributed by atoms with van der Waals surface area (Å²) in [7, 11) is 0. The SMILES string of the molecule is CCCn1c(SC(C)C(=O)Nc2ccc(Cl)c(C(F)(F)F)c2)n[nH]c1=O. The lowest BCUT2D eigenvalue weighted by Crippen LogP contribution is -2.24. The van der Waals surface area contributed by atoms with Crippen LogP contribution in [0.2, 0.25) is 5.02 Å². The molecule has 1 unspecified atom stereocenters. The number of H-pyrrole nitrogens is 1. The van der Waals surface area contributed by atoms with Gasteiger partial charge in [0, 0.05) is 12.2 Å². The van der Waals surface area contributed by atoms with Crippen LogP contribution in [0.25, 0.3) is 0 Å². The van der Waals surface area contributed by atoms with Crippen LogP contribution in [0.15, 0.2) is 28.2 Å². The number of amides is 1. The fraction of sp³-hybridized carbons (Fsp3) is 0.400. The third kappa shape index (κ3) is 4.82. The molecular weight excluding hydrogens is 393 g/mol. The smallest absolute Gasteiger partial charge is 0.325 e. The van der Waals surface area contributed by atoms with Crippen LogP contribution >= 0.6 is 23.4 Å². The van der Waals surface area contributed by atoms with Gasteiger partial charge in [0.2, 0.25) is 5.91 Å². The van der Waals surface area contributed by atoms with Crippen LogP contribution in [0, 0.1) is 0 Å². The molecule has 2 rings (SSSR count). The van der Waals surface area contributed by atoms with E-state index in [-0.39, 0.29) is 11.4 Å². The second-order valence-corrected chi connectivity index (χ2v) is 7.12. The molecule has 0 bridgehead atoms. The van der Waals surface area contributed by atoms with E-state index in [1.54, 1.807) is 6.92 Å². The summed E-state index contributed by atoms with van der Waals surface area (Å²) in [5, 5.41) is 7.80. The minimum Gasteiger partial charge on any atom is -0.325 e. The Morgan fingerprint density at radius 2 is 2.15 bits per heavy atom. The number of aromatic nitrogens is 3. The zero-order chi connectivity index (χ0) is 19.5. The zero-order valence-electron chi connectivity index (χ0n) is 13.9. The maximum absolute atomic E-state index is 12.9. The Labute approximate surface area is 156 Å². The third-order valence-corrected chi connectivity index (χ3v) is 4.78. The van der Waals surface area contributed by atoms with E-state index in [1.165, 1.54) is 10.6 Å². The van der Waals surface area contributed by atoms with Gasteiger partial charge in [-0.15, -0.1) is 5.10 Å². The highest BCUT2D eigenvalue weighted by atomic mass is 35.5. The number of hydrogen-bond donors (Lipinski definition) is 2. The van der Waals surface area contributed by atoms with Crippen LogP contribution in [0.1, 0.15) is 25.8 Å². The number of aromatic amines is 1. The molecule has 11 heteroatoms. The number of thioether (sulfide) groups is 1. The minimum absolute atomic E-state index is 0.0212. The topological polar surface area (TPSA) is 79.8 Å². The Morgan fingerprint density at radius 3 is 2.77 bits per heavy atom. The van der Waals surface area contributed by atoms with Crippen LogP contribution in [-0.2, 0) is 17.5 Å². The molecule has 2 aromatic rings. The van der Waals surface area contributed by atoms with Crippen molar-refractivity contribution in [1.82, 2.24) is 14.8 Å². The first-order valence-corrected chi connectivity index (χ1v) is 8.88. The van der Waals surface area contributed by atoms with Gasteiger partial charge in [-0.25, -0.2) is 9.89 Å². The highest BCUT2D eigenvalue weighted by Gasteiger charge is 2.33. The number of halogens is 4. The molecule has 0 saturated heterocycles. The number of nitrogens with zero attached hydrogens (tertiary/aromatic N) is 2. The van der Waals surface area contributed by atoms with Gasteiger partial charge in [0.1, 0.15) is 0 Å². The molecule has 1 aromatic heterocycles. The number of anilines is 1. The van der Waals surface area contributed by atoms with Crippen molar-refractivity contribution >= 4 is 35.0 Å². The number of hydrogen-bond acceptors (Lipinski definition) is 4. The van der Waals surface area contributed by atoms with Gasteiger partial charge < -0.3 is 5.32 Å². The van der Waals surface area contributed by atoms with Gasteiger partial charge in [-0.2, -0.15) is 13.2 Å². The lowest BCUT2D eigenvalue weighted by atomic mass is 10.2. The summed E-state index contributed by atoms with van der Waals surface area (Å²) in [6, 6.07) is 3.14. The molecular formula is C15H16ClF3N4O2S. The number of nitrogens with one attached hydrogen (secondary N) is 2. The van der Waals surface area contributed by atoms with Gasteiger partial charge in [-0.3, -0.25) is 9.36 Å². The molecule has 142 valence electrons. The van der Waals surface area contributed by atoms with Gasteiger partial charge in [0.05, 0.1) is 15.8 Å². The number of rotatable bonds is 6. The lowest BCUT2D eigenvalue weighted by Gasteiger charge is -2.14. The number of benzene rings is 1. The standard InChI is InChI=1S/C15H16ClF3N4O2S/c1-3-6-23-13(25)21-22-14(23)26-8(2)12(24)20-9-4-5-11(16)10(7-9)15(17,18)19/h4-5,7-8H,3,6H2,1-2H3,(H,20,24)(H,21,25). The Kier molecular flexibility index (Phi) is 6.40. The summed E-state index contributed by atoms with van der Waals surface area (Å²) < 4.78 is 40.1. The zero-order valence-corrected chi connectivity index (χ0v) is 15.4. The van der Waals surface area contributed by atoms with Crippen molar-refractivity contribution in [3.63, 3.8) is 0 Å². The van der Waals surface area contributed by atoms with Crippen molar-refractivity contribution in [1.29, 1.82) is 0 Å². The van der Waals surface area contributed by atoms with E-state index >= 15 is 0 Å². The molecule has 1 aromatic carbocycles. The van der Waals surface area contributed by atoms with Crippen LogP contribution < -0.4 is 11.0 Å². The highest BCUT2D eigenvalue weighted by Crippen LogP contribution is 2.36. The quantitative estimate of drug-likeness (QED) is 0.713. The van der Waals surface area contributed by atoms with Crippen molar-refractivity contribution < 1.29 is 18.0 Å². The molecule has 6 nitrogen and oxygen atoms in total. The van der Waals surface area contributed by atoms with Gasteiger partial charge in [0.25, 0.3) is 0 Å². The van der Waals surface area contributed by atoms with Crippen molar-refractivity contribution in [2.24, 2.45) is 0 Å². The Balaban J connectivity index is 2.12. The Bertz CT molecular complexity index is 850. The van der Waals surface area contributed by atoms with Crippen molar-refractivity contribution in [3.8, 4) is 0 Å². The number of carbonyl (C=O) groups is 1. The molecule has 0 fully saturated rings. The van der Waals surface area contributed by atoms with E-state index < -0.39 is 27.9 Å². The first-order valence-electron chi connectivity index (χ1n) is 7.63. The first-order chi connectivity index (χ1) is 12.1. The number of carbonyl (C=O) groups excluding carboxylic acids is 1. The fourth-order valence-electron chi connectivity index (χ4n) is 2.09. The molecule has 1 atom stereocenters. The predicted octanol–water partition coefficient (Wildman–Crippen LogP) is 3.77. The molecule has 0 radical (unpaired) electrons. The van der Waals surface area contributed by atoms with Gasteiger partial charge in [0.15, 0.2) is 5.16 Å². The van der Waals surface area contributed by atoms with Crippen molar-refractivity contribution in [3.05, 3.63) is 39.3 Å². The summed E-state index contributed by atoms with van der Waals surface area (Å²) >= 11 is 6.59. The molecule has 1 heterocycles. The molecule has 0 aliphatic heterocycles. The molecule has 0 spiro atoms. The maximum atomic E-state index is 12.9. The van der Waals surface area contributed by atoms with E-state index in [4.69, 9.17) is 11.6 Å². The molecule has 2 N–H and O–H groups in total. The normalized spacial score (nSPS) is 12.8.